The third-order valence-corrected chi connectivity index (χ3v) is 3.97. The van der Waals surface area contributed by atoms with Crippen LogP contribution in [-0.4, -0.2) is 18.5 Å². The maximum absolute atomic E-state index is 6.14. The summed E-state index contributed by atoms with van der Waals surface area (Å²) in [4.78, 5) is 2.24. The van der Waals surface area contributed by atoms with Crippen molar-refractivity contribution in [3.05, 3.63) is 77.0 Å². The molecule has 0 N–H and O–H groups in total. The van der Waals surface area contributed by atoms with Crippen LogP contribution in [0.15, 0.2) is 65.3 Å². The van der Waals surface area contributed by atoms with Crippen LogP contribution in [0.4, 0.5) is 0 Å². The molecule has 0 aliphatic carbocycles. The topological polar surface area (TPSA) is 16.4 Å². The molecule has 22 heavy (non-hydrogen) atoms. The van der Waals surface area contributed by atoms with Gasteiger partial charge in [-0.2, -0.15) is 0 Å². The Morgan fingerprint density at radius 1 is 1.09 bits per heavy atom. The first-order valence-electron chi connectivity index (χ1n) is 7.29. The van der Waals surface area contributed by atoms with Crippen LogP contribution in [0.3, 0.4) is 0 Å². The first-order valence-corrected chi connectivity index (χ1v) is 7.66. The summed E-state index contributed by atoms with van der Waals surface area (Å²) in [5.74, 6) is 0. The van der Waals surface area contributed by atoms with Crippen molar-refractivity contribution in [2.24, 2.45) is 0 Å². The van der Waals surface area contributed by atoms with Gasteiger partial charge in [-0.1, -0.05) is 60.2 Å². The number of fused-ring (bicyclic) bond motifs is 1. The number of para-hydroxylation sites is 1. The number of hydrogen-bond donors (Lipinski definition) is 0. The average Bonchev–Trinajstić information content (AvgIpc) is 2.92. The Kier molecular flexibility index (Phi) is 4.62. The highest BCUT2D eigenvalue weighted by atomic mass is 35.5. The molecule has 0 radical (unpaired) electrons. The standard InChI is InChI=1S/C19H18ClNO/c1-21(12-6-8-15-7-2-4-10-18(15)20)13-16-14-22-19-11-5-3-9-17(16)19/h2-11,14H,12-13H2,1H3. The van der Waals surface area contributed by atoms with Gasteiger partial charge in [-0.3, -0.25) is 4.90 Å². The Labute approximate surface area is 135 Å². The number of nitrogens with zero attached hydrogens (tertiary/aromatic N) is 1. The highest BCUT2D eigenvalue weighted by Crippen LogP contribution is 2.21. The van der Waals surface area contributed by atoms with Crippen LogP contribution >= 0.6 is 11.6 Å². The van der Waals surface area contributed by atoms with Crippen LogP contribution in [0, 0.1) is 0 Å². The highest BCUT2D eigenvalue weighted by Gasteiger charge is 2.06. The number of likely N-dealkylation sites (N-methyl/N-ethyl adjacent to an activating group) is 1. The van der Waals surface area contributed by atoms with Gasteiger partial charge >= 0.3 is 0 Å². The molecule has 112 valence electrons. The molecule has 0 saturated carbocycles. The predicted octanol–water partition coefficient (Wildman–Crippen LogP) is 5.23. The molecule has 0 spiro atoms. The molecule has 0 fully saturated rings. The summed E-state index contributed by atoms with van der Waals surface area (Å²) in [5, 5.41) is 1.96. The van der Waals surface area contributed by atoms with E-state index in [1.807, 2.05) is 48.7 Å². The smallest absolute Gasteiger partial charge is 0.134 e. The van der Waals surface area contributed by atoms with Crippen molar-refractivity contribution in [1.29, 1.82) is 0 Å². The first-order chi connectivity index (χ1) is 10.7. The van der Waals surface area contributed by atoms with Crippen LogP contribution in [-0.2, 0) is 6.54 Å². The molecular weight excluding hydrogens is 294 g/mol. The molecule has 0 unspecified atom stereocenters. The summed E-state index contributed by atoms with van der Waals surface area (Å²) in [6, 6.07) is 16.0. The van der Waals surface area contributed by atoms with Crippen LogP contribution in [0.25, 0.3) is 17.0 Å². The van der Waals surface area contributed by atoms with Gasteiger partial charge in [0, 0.05) is 29.1 Å². The molecule has 2 aromatic carbocycles. The molecule has 3 aromatic rings. The van der Waals surface area contributed by atoms with Crippen molar-refractivity contribution in [3.63, 3.8) is 0 Å². The van der Waals surface area contributed by atoms with E-state index in [4.69, 9.17) is 16.0 Å². The molecule has 2 nitrogen and oxygen atoms in total. The van der Waals surface area contributed by atoms with E-state index >= 15 is 0 Å². The van der Waals surface area contributed by atoms with E-state index in [9.17, 15) is 0 Å². The van der Waals surface area contributed by atoms with Crippen LogP contribution in [0.1, 0.15) is 11.1 Å². The van der Waals surface area contributed by atoms with E-state index < -0.39 is 0 Å². The lowest BCUT2D eigenvalue weighted by atomic mass is 10.1. The van der Waals surface area contributed by atoms with Crippen molar-refractivity contribution in [2.45, 2.75) is 6.54 Å². The second-order valence-electron chi connectivity index (χ2n) is 5.38. The molecule has 0 bridgehead atoms. The zero-order chi connectivity index (χ0) is 15.4. The minimum atomic E-state index is 0.780. The van der Waals surface area contributed by atoms with Crippen molar-refractivity contribution in [3.8, 4) is 0 Å². The van der Waals surface area contributed by atoms with Crippen molar-refractivity contribution in [2.75, 3.05) is 13.6 Å². The van der Waals surface area contributed by atoms with Crippen LogP contribution in [0.2, 0.25) is 5.02 Å². The second kappa shape index (κ2) is 6.82. The molecule has 1 heterocycles. The molecular formula is C19H18ClNO. The SMILES string of the molecule is CN(CC=Cc1ccccc1Cl)Cc1coc2ccccc12. The Bertz CT molecular complexity index is 791. The number of hydrogen-bond acceptors (Lipinski definition) is 2. The quantitative estimate of drug-likeness (QED) is 0.641. The Balaban J connectivity index is 1.63. The van der Waals surface area contributed by atoms with Gasteiger partial charge in [0.2, 0.25) is 0 Å². The van der Waals surface area contributed by atoms with Gasteiger partial charge in [-0.15, -0.1) is 0 Å². The summed E-state index contributed by atoms with van der Waals surface area (Å²) in [6.45, 7) is 1.70. The fourth-order valence-corrected chi connectivity index (χ4v) is 2.68. The van der Waals surface area contributed by atoms with Crippen molar-refractivity contribution in [1.82, 2.24) is 4.90 Å². The molecule has 1 aromatic heterocycles. The van der Waals surface area contributed by atoms with Gasteiger partial charge in [0.25, 0.3) is 0 Å². The van der Waals surface area contributed by atoms with Gasteiger partial charge in [-0.25, -0.2) is 0 Å². The monoisotopic (exact) mass is 311 g/mol. The number of furan rings is 1. The Morgan fingerprint density at radius 2 is 1.86 bits per heavy atom. The summed E-state index contributed by atoms with van der Waals surface area (Å²) in [6.07, 6.45) is 6.04. The fraction of sp³-hybridized carbons (Fsp3) is 0.158. The fourth-order valence-electron chi connectivity index (χ4n) is 2.48. The molecule has 3 rings (SSSR count). The van der Waals surface area contributed by atoms with E-state index in [1.54, 1.807) is 0 Å². The summed E-state index contributed by atoms with van der Waals surface area (Å²) in [5.41, 5.74) is 3.20. The minimum absolute atomic E-state index is 0.780. The van der Waals surface area contributed by atoms with Crippen LogP contribution < -0.4 is 0 Å². The van der Waals surface area contributed by atoms with E-state index in [0.29, 0.717) is 0 Å². The molecule has 3 heteroatoms. The van der Waals surface area contributed by atoms with Gasteiger partial charge in [0.1, 0.15) is 5.58 Å². The first kappa shape index (κ1) is 14.9. The van der Waals surface area contributed by atoms with Gasteiger partial charge < -0.3 is 4.42 Å². The summed E-state index contributed by atoms with van der Waals surface area (Å²) >= 11 is 6.14. The van der Waals surface area contributed by atoms with Gasteiger partial charge in [0.15, 0.2) is 0 Å². The number of halogens is 1. The highest BCUT2D eigenvalue weighted by molar-refractivity contribution is 6.32. The number of benzene rings is 2. The van der Waals surface area contributed by atoms with E-state index in [-0.39, 0.29) is 0 Å². The lowest BCUT2D eigenvalue weighted by Gasteiger charge is -2.13. The van der Waals surface area contributed by atoms with Gasteiger partial charge in [-0.05, 0) is 24.7 Å². The summed E-state index contributed by atoms with van der Waals surface area (Å²) in [7, 11) is 2.10. The van der Waals surface area contributed by atoms with E-state index in [2.05, 4.69) is 30.2 Å². The van der Waals surface area contributed by atoms with Gasteiger partial charge in [0.05, 0.1) is 6.26 Å². The van der Waals surface area contributed by atoms with Crippen molar-refractivity contribution < 1.29 is 4.42 Å². The van der Waals surface area contributed by atoms with Crippen molar-refractivity contribution >= 4 is 28.6 Å². The third kappa shape index (κ3) is 3.41. The molecule has 0 aliphatic heterocycles. The predicted molar refractivity (Wildman–Crippen MR) is 93.0 cm³/mol. The lowest BCUT2D eigenvalue weighted by Crippen LogP contribution is -2.17. The van der Waals surface area contributed by atoms with Crippen LogP contribution in [0.5, 0.6) is 0 Å². The normalized spacial score (nSPS) is 11.8. The number of rotatable bonds is 5. The Hall–Kier alpha value is -2.03. The minimum Gasteiger partial charge on any atom is -0.464 e. The maximum atomic E-state index is 6.14. The van der Waals surface area contributed by atoms with E-state index in [0.717, 1.165) is 29.3 Å². The zero-order valence-electron chi connectivity index (χ0n) is 12.5. The molecule has 0 aliphatic rings. The lowest BCUT2D eigenvalue weighted by molar-refractivity contribution is 0.363. The summed E-state index contributed by atoms with van der Waals surface area (Å²) < 4.78 is 5.58. The molecule has 0 amide bonds. The third-order valence-electron chi connectivity index (χ3n) is 3.62. The largest absolute Gasteiger partial charge is 0.464 e. The van der Waals surface area contributed by atoms with E-state index in [1.165, 1.54) is 10.9 Å². The zero-order valence-corrected chi connectivity index (χ0v) is 13.3. The average molecular weight is 312 g/mol. The molecule has 0 atom stereocenters. The maximum Gasteiger partial charge on any atom is 0.134 e. The Morgan fingerprint density at radius 3 is 2.73 bits per heavy atom. The molecule has 0 saturated heterocycles. The second-order valence-corrected chi connectivity index (χ2v) is 5.78.